The molecule has 0 spiro atoms. The van der Waals surface area contributed by atoms with Crippen molar-refractivity contribution in [1.82, 2.24) is 9.88 Å². The van der Waals surface area contributed by atoms with E-state index in [1.165, 1.54) is 24.9 Å². The van der Waals surface area contributed by atoms with Crippen molar-refractivity contribution >= 4 is 5.82 Å². The van der Waals surface area contributed by atoms with Crippen LogP contribution in [0, 0.1) is 0 Å². The minimum absolute atomic E-state index is 0.590. The summed E-state index contributed by atoms with van der Waals surface area (Å²) >= 11 is 0. The predicted molar refractivity (Wildman–Crippen MR) is 72.2 cm³/mol. The SMILES string of the molecule is CCCNc1ccc([C@@H]2CCCN2CC)cn1. The number of rotatable bonds is 5. The van der Waals surface area contributed by atoms with Crippen LogP contribution in [-0.2, 0) is 0 Å². The van der Waals surface area contributed by atoms with E-state index in [1.54, 1.807) is 0 Å². The van der Waals surface area contributed by atoms with Gasteiger partial charge in [-0.1, -0.05) is 19.9 Å². The number of aromatic nitrogens is 1. The van der Waals surface area contributed by atoms with Gasteiger partial charge in [-0.25, -0.2) is 4.98 Å². The molecule has 0 unspecified atom stereocenters. The van der Waals surface area contributed by atoms with Crippen LogP contribution in [0.4, 0.5) is 5.82 Å². The van der Waals surface area contributed by atoms with Crippen molar-refractivity contribution in [2.75, 3.05) is 25.0 Å². The lowest BCUT2D eigenvalue weighted by Gasteiger charge is -2.22. The second kappa shape index (κ2) is 6.01. The average Bonchev–Trinajstić information content (AvgIpc) is 2.85. The zero-order valence-corrected chi connectivity index (χ0v) is 10.9. The van der Waals surface area contributed by atoms with Crippen LogP contribution in [0.5, 0.6) is 0 Å². The number of pyridine rings is 1. The molecule has 1 aliphatic heterocycles. The molecule has 1 aliphatic rings. The summed E-state index contributed by atoms with van der Waals surface area (Å²) < 4.78 is 0. The molecule has 0 bridgehead atoms. The van der Waals surface area contributed by atoms with E-state index in [1.807, 2.05) is 6.20 Å². The Morgan fingerprint density at radius 2 is 2.29 bits per heavy atom. The van der Waals surface area contributed by atoms with Crippen LogP contribution in [0.2, 0.25) is 0 Å². The molecule has 1 fully saturated rings. The van der Waals surface area contributed by atoms with Crippen LogP contribution in [0.3, 0.4) is 0 Å². The highest BCUT2D eigenvalue weighted by Gasteiger charge is 2.24. The quantitative estimate of drug-likeness (QED) is 0.847. The van der Waals surface area contributed by atoms with Gasteiger partial charge in [0.15, 0.2) is 0 Å². The highest BCUT2D eigenvalue weighted by molar-refractivity contribution is 5.36. The summed E-state index contributed by atoms with van der Waals surface area (Å²) in [5.41, 5.74) is 1.37. The van der Waals surface area contributed by atoms with Gasteiger partial charge >= 0.3 is 0 Å². The molecule has 1 aromatic heterocycles. The third-order valence-electron chi connectivity index (χ3n) is 3.50. The van der Waals surface area contributed by atoms with Crippen molar-refractivity contribution in [3.63, 3.8) is 0 Å². The highest BCUT2D eigenvalue weighted by atomic mass is 15.2. The smallest absolute Gasteiger partial charge is 0.125 e. The summed E-state index contributed by atoms with van der Waals surface area (Å²) in [6.07, 6.45) is 5.76. The van der Waals surface area contributed by atoms with E-state index in [-0.39, 0.29) is 0 Å². The number of nitrogens with one attached hydrogen (secondary N) is 1. The second-order valence-corrected chi connectivity index (χ2v) is 4.69. The summed E-state index contributed by atoms with van der Waals surface area (Å²) in [4.78, 5) is 7.03. The first kappa shape index (κ1) is 12.4. The molecule has 2 heterocycles. The van der Waals surface area contributed by atoms with Crippen LogP contribution < -0.4 is 5.32 Å². The van der Waals surface area contributed by atoms with Crippen LogP contribution in [0.1, 0.15) is 44.7 Å². The Labute approximate surface area is 104 Å². The predicted octanol–water partition coefficient (Wildman–Crippen LogP) is 3.06. The fourth-order valence-corrected chi connectivity index (χ4v) is 2.54. The Morgan fingerprint density at radius 3 is 2.94 bits per heavy atom. The van der Waals surface area contributed by atoms with Gasteiger partial charge in [-0.15, -0.1) is 0 Å². The molecule has 0 saturated carbocycles. The molecule has 1 atom stereocenters. The Morgan fingerprint density at radius 1 is 1.41 bits per heavy atom. The molecule has 3 heteroatoms. The highest BCUT2D eigenvalue weighted by Crippen LogP contribution is 2.31. The number of nitrogens with zero attached hydrogens (tertiary/aromatic N) is 2. The van der Waals surface area contributed by atoms with E-state index in [9.17, 15) is 0 Å². The van der Waals surface area contributed by atoms with Crippen LogP contribution in [-0.4, -0.2) is 29.5 Å². The van der Waals surface area contributed by atoms with Gasteiger partial charge in [0.2, 0.25) is 0 Å². The fourth-order valence-electron chi connectivity index (χ4n) is 2.54. The first-order valence-corrected chi connectivity index (χ1v) is 6.79. The summed E-state index contributed by atoms with van der Waals surface area (Å²) in [7, 11) is 0. The Bertz CT molecular complexity index is 334. The molecular weight excluding hydrogens is 210 g/mol. The molecule has 0 aliphatic carbocycles. The molecule has 0 aromatic carbocycles. The summed E-state index contributed by atoms with van der Waals surface area (Å²) in [5, 5.41) is 3.31. The zero-order chi connectivity index (χ0) is 12.1. The lowest BCUT2D eigenvalue weighted by atomic mass is 10.1. The van der Waals surface area contributed by atoms with Crippen LogP contribution in [0.15, 0.2) is 18.3 Å². The van der Waals surface area contributed by atoms with Gasteiger partial charge in [-0.3, -0.25) is 4.90 Å². The molecule has 1 saturated heterocycles. The fraction of sp³-hybridized carbons (Fsp3) is 0.643. The summed E-state index contributed by atoms with van der Waals surface area (Å²) in [6.45, 7) is 7.77. The molecule has 3 nitrogen and oxygen atoms in total. The number of hydrogen-bond acceptors (Lipinski definition) is 3. The molecule has 1 aromatic rings. The molecule has 2 rings (SSSR count). The first-order chi connectivity index (χ1) is 8.35. The minimum atomic E-state index is 0.590. The van der Waals surface area contributed by atoms with E-state index in [2.05, 4.69) is 41.2 Å². The van der Waals surface area contributed by atoms with Gasteiger partial charge in [-0.05, 0) is 44.0 Å². The third-order valence-corrected chi connectivity index (χ3v) is 3.50. The monoisotopic (exact) mass is 233 g/mol. The number of anilines is 1. The van der Waals surface area contributed by atoms with Gasteiger partial charge < -0.3 is 5.32 Å². The molecule has 94 valence electrons. The molecular formula is C14H23N3. The lowest BCUT2D eigenvalue weighted by Crippen LogP contribution is -2.22. The summed E-state index contributed by atoms with van der Waals surface area (Å²) in [5.74, 6) is 0.997. The zero-order valence-electron chi connectivity index (χ0n) is 10.9. The molecule has 1 N–H and O–H groups in total. The Hall–Kier alpha value is -1.09. The van der Waals surface area contributed by atoms with Gasteiger partial charge in [0, 0.05) is 18.8 Å². The second-order valence-electron chi connectivity index (χ2n) is 4.69. The number of likely N-dealkylation sites (tertiary alicyclic amines) is 1. The minimum Gasteiger partial charge on any atom is -0.370 e. The maximum absolute atomic E-state index is 4.49. The topological polar surface area (TPSA) is 28.2 Å². The third kappa shape index (κ3) is 2.97. The van der Waals surface area contributed by atoms with Crippen molar-refractivity contribution in [3.8, 4) is 0 Å². The van der Waals surface area contributed by atoms with Crippen LogP contribution in [0.25, 0.3) is 0 Å². The van der Waals surface area contributed by atoms with Gasteiger partial charge in [0.1, 0.15) is 5.82 Å². The standard InChI is InChI=1S/C14H23N3/c1-3-9-15-14-8-7-12(11-16-14)13-6-5-10-17(13)4-2/h7-8,11,13H,3-6,9-10H2,1-2H3,(H,15,16)/t13-/m0/s1. The van der Waals surface area contributed by atoms with E-state index >= 15 is 0 Å². The van der Waals surface area contributed by atoms with E-state index in [0.717, 1.165) is 25.3 Å². The molecule has 17 heavy (non-hydrogen) atoms. The van der Waals surface area contributed by atoms with E-state index in [0.29, 0.717) is 6.04 Å². The van der Waals surface area contributed by atoms with E-state index < -0.39 is 0 Å². The van der Waals surface area contributed by atoms with Gasteiger partial charge in [0.25, 0.3) is 0 Å². The maximum Gasteiger partial charge on any atom is 0.125 e. The maximum atomic E-state index is 4.49. The average molecular weight is 233 g/mol. The Balaban J connectivity index is 2.01. The van der Waals surface area contributed by atoms with Crippen LogP contribution >= 0.6 is 0 Å². The lowest BCUT2D eigenvalue weighted by molar-refractivity contribution is 0.271. The van der Waals surface area contributed by atoms with Crippen molar-refractivity contribution in [2.24, 2.45) is 0 Å². The summed E-state index contributed by atoms with van der Waals surface area (Å²) in [6, 6.07) is 4.92. The van der Waals surface area contributed by atoms with Crippen molar-refractivity contribution in [3.05, 3.63) is 23.9 Å². The van der Waals surface area contributed by atoms with Gasteiger partial charge in [0.05, 0.1) is 0 Å². The normalized spacial score (nSPS) is 20.7. The van der Waals surface area contributed by atoms with Gasteiger partial charge in [-0.2, -0.15) is 0 Å². The number of hydrogen-bond donors (Lipinski definition) is 1. The largest absolute Gasteiger partial charge is 0.370 e. The van der Waals surface area contributed by atoms with E-state index in [4.69, 9.17) is 0 Å². The molecule has 0 radical (unpaired) electrons. The van der Waals surface area contributed by atoms with Crippen molar-refractivity contribution in [1.29, 1.82) is 0 Å². The molecule has 0 amide bonds. The van der Waals surface area contributed by atoms with Crippen molar-refractivity contribution in [2.45, 2.75) is 39.2 Å². The van der Waals surface area contributed by atoms with Crippen molar-refractivity contribution < 1.29 is 0 Å². The first-order valence-electron chi connectivity index (χ1n) is 6.79. The Kier molecular flexibility index (Phi) is 4.37.